The van der Waals surface area contributed by atoms with Crippen LogP contribution in [0.5, 0.6) is 0 Å². The monoisotopic (exact) mass is 242 g/mol. The second-order valence-corrected chi connectivity index (χ2v) is 4.33. The Morgan fingerprint density at radius 2 is 1.71 bits per heavy atom. The van der Waals surface area contributed by atoms with Gasteiger partial charge in [0.1, 0.15) is 12.1 Å². The summed E-state index contributed by atoms with van der Waals surface area (Å²) in [6.07, 6.45) is 0.751. The van der Waals surface area contributed by atoms with Crippen LogP contribution in [0.25, 0.3) is 0 Å². The third-order valence-electron chi connectivity index (χ3n) is 2.73. The fourth-order valence-electron chi connectivity index (χ4n) is 1.78. The predicted molar refractivity (Wildman–Crippen MR) is 67.8 cm³/mol. The topological polar surface area (TPSA) is 52.4 Å². The third-order valence-corrected chi connectivity index (χ3v) is 2.73. The summed E-state index contributed by atoms with van der Waals surface area (Å²) in [5.74, 6) is 1.69. The highest BCUT2D eigenvalue weighted by Gasteiger charge is 2.30. The molecular weight excluding hydrogens is 220 g/mol. The van der Waals surface area contributed by atoms with Crippen molar-refractivity contribution in [3.63, 3.8) is 0 Å². The van der Waals surface area contributed by atoms with Gasteiger partial charge in [-0.05, 0) is 5.92 Å². The average Bonchev–Trinajstić information content (AvgIpc) is 2.34. The van der Waals surface area contributed by atoms with E-state index in [4.69, 9.17) is 14.2 Å². The van der Waals surface area contributed by atoms with Crippen molar-refractivity contribution in [2.45, 2.75) is 32.4 Å². The van der Waals surface area contributed by atoms with Crippen molar-refractivity contribution < 1.29 is 14.2 Å². The van der Waals surface area contributed by atoms with Crippen molar-refractivity contribution in [1.29, 1.82) is 0 Å². The van der Waals surface area contributed by atoms with E-state index >= 15 is 0 Å². The van der Waals surface area contributed by atoms with Crippen LogP contribution < -0.4 is 0 Å². The normalized spacial score (nSPS) is 24.4. The van der Waals surface area contributed by atoms with Gasteiger partial charge in [0, 0.05) is 20.1 Å². The Hall–Kier alpha value is -1.10. The first kappa shape index (κ1) is 14.0. The molecule has 0 aromatic rings. The van der Waals surface area contributed by atoms with E-state index in [-0.39, 0.29) is 12.1 Å². The minimum absolute atomic E-state index is 0.0475. The van der Waals surface area contributed by atoms with E-state index in [0.29, 0.717) is 24.3 Å². The van der Waals surface area contributed by atoms with Gasteiger partial charge in [0.15, 0.2) is 0 Å². The van der Waals surface area contributed by atoms with Gasteiger partial charge in [0.05, 0.1) is 14.2 Å². The van der Waals surface area contributed by atoms with E-state index < -0.39 is 0 Å². The van der Waals surface area contributed by atoms with Crippen LogP contribution in [-0.4, -0.2) is 51.8 Å². The number of methoxy groups -OCH3 is 3. The number of nitrogens with zero attached hydrogens (tertiary/aromatic N) is 2. The second kappa shape index (κ2) is 6.59. The lowest BCUT2D eigenvalue weighted by molar-refractivity contribution is 0.189. The van der Waals surface area contributed by atoms with Crippen LogP contribution >= 0.6 is 0 Å². The highest BCUT2D eigenvalue weighted by Crippen LogP contribution is 2.18. The molecule has 0 bridgehead atoms. The molecule has 17 heavy (non-hydrogen) atoms. The Labute approximate surface area is 103 Å². The summed E-state index contributed by atoms with van der Waals surface area (Å²) in [6, 6.07) is -0.140. The summed E-state index contributed by atoms with van der Waals surface area (Å²) in [5, 5.41) is 0. The number of rotatable bonds is 4. The third kappa shape index (κ3) is 3.43. The van der Waals surface area contributed by atoms with E-state index in [1.807, 2.05) is 0 Å². The zero-order valence-corrected chi connectivity index (χ0v) is 11.3. The van der Waals surface area contributed by atoms with E-state index in [0.717, 1.165) is 6.42 Å². The number of aliphatic imine (C=N–C) groups is 2. The molecule has 0 radical (unpaired) electrons. The van der Waals surface area contributed by atoms with Crippen LogP contribution in [-0.2, 0) is 14.2 Å². The highest BCUT2D eigenvalue weighted by atomic mass is 16.5. The van der Waals surface area contributed by atoms with Gasteiger partial charge in [-0.2, -0.15) is 0 Å². The molecule has 0 saturated carbocycles. The molecule has 0 amide bonds. The van der Waals surface area contributed by atoms with Crippen LogP contribution in [0, 0.1) is 5.92 Å². The molecule has 5 nitrogen and oxygen atoms in total. The lowest BCUT2D eigenvalue weighted by Gasteiger charge is -2.26. The molecule has 0 aromatic heterocycles. The standard InChI is InChI=1S/C12H22N2O3/c1-8(2)10-12(17-5)13-9(6-7-15-3)11(14-10)16-4/h8-10H,6-7H2,1-5H3/t9-,10+/m0/s1. The van der Waals surface area contributed by atoms with Gasteiger partial charge in [-0.15, -0.1) is 0 Å². The van der Waals surface area contributed by atoms with Gasteiger partial charge in [0.2, 0.25) is 11.8 Å². The zero-order valence-electron chi connectivity index (χ0n) is 11.3. The number of hydrogen-bond donors (Lipinski definition) is 0. The molecule has 1 rings (SSSR count). The van der Waals surface area contributed by atoms with Crippen molar-refractivity contribution in [2.24, 2.45) is 15.9 Å². The molecule has 0 aliphatic carbocycles. The smallest absolute Gasteiger partial charge is 0.209 e. The molecule has 0 N–H and O–H groups in total. The fourth-order valence-corrected chi connectivity index (χ4v) is 1.78. The summed E-state index contributed by atoms with van der Waals surface area (Å²) in [7, 11) is 4.93. The molecule has 1 heterocycles. The van der Waals surface area contributed by atoms with Gasteiger partial charge in [-0.3, -0.25) is 0 Å². The predicted octanol–water partition coefficient (Wildman–Crippen LogP) is 1.52. The molecule has 0 fully saturated rings. The molecule has 2 atom stereocenters. The van der Waals surface area contributed by atoms with Crippen LogP contribution in [0.15, 0.2) is 9.98 Å². The van der Waals surface area contributed by atoms with Crippen molar-refractivity contribution in [3.8, 4) is 0 Å². The molecule has 0 unspecified atom stereocenters. The molecule has 5 heteroatoms. The maximum absolute atomic E-state index is 5.31. The van der Waals surface area contributed by atoms with Crippen LogP contribution in [0.3, 0.4) is 0 Å². The number of ether oxygens (including phenoxy) is 3. The SMILES string of the molecule is COCC[C@@H]1N=C(OC)[C@@H](C(C)C)N=C1OC. The Bertz CT molecular complexity index is 300. The minimum atomic E-state index is -0.0927. The molecule has 0 spiro atoms. The quantitative estimate of drug-likeness (QED) is 0.751. The Balaban J connectivity index is 2.86. The summed E-state index contributed by atoms with van der Waals surface area (Å²) in [5.41, 5.74) is 0. The lowest BCUT2D eigenvalue weighted by Crippen LogP contribution is -2.37. The summed E-state index contributed by atoms with van der Waals surface area (Å²) in [4.78, 5) is 9.12. The summed E-state index contributed by atoms with van der Waals surface area (Å²) in [6.45, 7) is 4.80. The van der Waals surface area contributed by atoms with E-state index in [9.17, 15) is 0 Å². The van der Waals surface area contributed by atoms with Crippen molar-refractivity contribution in [1.82, 2.24) is 0 Å². The van der Waals surface area contributed by atoms with Gasteiger partial charge < -0.3 is 14.2 Å². The molecular formula is C12H22N2O3. The van der Waals surface area contributed by atoms with E-state index in [2.05, 4.69) is 23.8 Å². The van der Waals surface area contributed by atoms with Crippen LogP contribution in [0.2, 0.25) is 0 Å². The number of hydrogen-bond acceptors (Lipinski definition) is 5. The van der Waals surface area contributed by atoms with Gasteiger partial charge in [0.25, 0.3) is 0 Å². The van der Waals surface area contributed by atoms with Gasteiger partial charge in [-0.1, -0.05) is 13.8 Å². The maximum atomic E-state index is 5.31. The Morgan fingerprint density at radius 3 is 2.18 bits per heavy atom. The lowest BCUT2D eigenvalue weighted by atomic mass is 10.0. The maximum Gasteiger partial charge on any atom is 0.209 e. The Morgan fingerprint density at radius 1 is 1.06 bits per heavy atom. The molecule has 0 aromatic carbocycles. The van der Waals surface area contributed by atoms with Crippen molar-refractivity contribution >= 4 is 11.8 Å². The second-order valence-electron chi connectivity index (χ2n) is 4.33. The van der Waals surface area contributed by atoms with Gasteiger partial charge >= 0.3 is 0 Å². The summed E-state index contributed by atoms with van der Waals surface area (Å²) < 4.78 is 15.7. The Kier molecular flexibility index (Phi) is 5.41. The van der Waals surface area contributed by atoms with E-state index in [1.54, 1.807) is 21.3 Å². The first-order valence-electron chi connectivity index (χ1n) is 5.86. The largest absolute Gasteiger partial charge is 0.483 e. The van der Waals surface area contributed by atoms with Crippen molar-refractivity contribution in [3.05, 3.63) is 0 Å². The van der Waals surface area contributed by atoms with E-state index in [1.165, 1.54) is 0 Å². The minimum Gasteiger partial charge on any atom is -0.483 e. The summed E-state index contributed by atoms with van der Waals surface area (Å²) >= 11 is 0. The average molecular weight is 242 g/mol. The molecule has 1 aliphatic heterocycles. The first-order valence-corrected chi connectivity index (χ1v) is 5.86. The van der Waals surface area contributed by atoms with Gasteiger partial charge in [-0.25, -0.2) is 9.98 Å². The fraction of sp³-hybridized carbons (Fsp3) is 0.833. The highest BCUT2D eigenvalue weighted by molar-refractivity contribution is 5.94. The molecule has 1 aliphatic rings. The van der Waals surface area contributed by atoms with Crippen molar-refractivity contribution in [2.75, 3.05) is 27.9 Å². The first-order chi connectivity index (χ1) is 8.13. The molecule has 0 saturated heterocycles. The molecule has 98 valence electrons. The van der Waals surface area contributed by atoms with Crippen LogP contribution in [0.1, 0.15) is 20.3 Å². The zero-order chi connectivity index (χ0) is 12.8. The van der Waals surface area contributed by atoms with Crippen LogP contribution in [0.4, 0.5) is 0 Å².